The molecule has 194 valence electrons. The van der Waals surface area contributed by atoms with Crippen molar-refractivity contribution in [3.63, 3.8) is 0 Å². The van der Waals surface area contributed by atoms with Crippen LogP contribution < -0.4 is 5.32 Å². The van der Waals surface area contributed by atoms with Crippen LogP contribution in [0.1, 0.15) is 34.3 Å². The molecule has 37 heavy (non-hydrogen) atoms. The zero-order valence-corrected chi connectivity index (χ0v) is 19.3. The average Bonchev–Trinajstić information content (AvgIpc) is 2.86. The third-order valence-electron chi connectivity index (χ3n) is 6.09. The molecule has 0 spiro atoms. The monoisotopic (exact) mass is 522 g/mol. The predicted octanol–water partition coefficient (Wildman–Crippen LogP) is 6.18. The van der Waals surface area contributed by atoms with Crippen molar-refractivity contribution in [1.82, 2.24) is 10.3 Å². The maximum absolute atomic E-state index is 13.2. The number of methoxy groups -OCH3 is 1. The number of fused-ring (bicyclic) bond motifs is 1. The number of esters is 1. The first-order valence-corrected chi connectivity index (χ1v) is 11.1. The molecule has 2 atom stereocenters. The van der Waals surface area contributed by atoms with Crippen molar-refractivity contribution in [2.75, 3.05) is 7.11 Å². The number of aromatic nitrogens is 1. The Morgan fingerprint density at radius 1 is 0.892 bits per heavy atom. The third kappa shape index (κ3) is 5.76. The number of nitrogens with zero attached hydrogens (tertiary/aromatic N) is 1. The van der Waals surface area contributed by atoms with Crippen molar-refractivity contribution in [1.29, 1.82) is 0 Å². The maximum atomic E-state index is 13.2. The summed E-state index contributed by atoms with van der Waals surface area (Å²) in [5.41, 5.74) is -2.78. The zero-order valence-electron chi connectivity index (χ0n) is 19.3. The van der Waals surface area contributed by atoms with E-state index in [1.807, 2.05) is 12.2 Å². The number of carbonyl (C=O) groups is 2. The summed E-state index contributed by atoms with van der Waals surface area (Å²) in [5.74, 6) is -1.42. The molecule has 0 saturated heterocycles. The molecule has 11 heteroatoms. The van der Waals surface area contributed by atoms with Crippen LogP contribution in [0.15, 0.2) is 60.7 Å². The Labute approximate surface area is 207 Å². The van der Waals surface area contributed by atoms with E-state index in [0.29, 0.717) is 30.4 Å². The number of ether oxygens (including phenoxy) is 1. The van der Waals surface area contributed by atoms with Gasteiger partial charge in [0.05, 0.1) is 35.4 Å². The van der Waals surface area contributed by atoms with E-state index >= 15 is 0 Å². The molecule has 0 fully saturated rings. The van der Waals surface area contributed by atoms with Gasteiger partial charge in [-0.1, -0.05) is 18.2 Å². The molecule has 2 aromatic carbocycles. The number of rotatable bonds is 4. The van der Waals surface area contributed by atoms with E-state index in [-0.39, 0.29) is 28.4 Å². The van der Waals surface area contributed by atoms with Crippen molar-refractivity contribution in [2.24, 2.45) is 5.92 Å². The van der Waals surface area contributed by atoms with Crippen LogP contribution >= 0.6 is 0 Å². The molecule has 3 aromatic rings. The van der Waals surface area contributed by atoms with Crippen molar-refractivity contribution in [2.45, 2.75) is 31.2 Å². The molecular weight excluding hydrogens is 502 g/mol. The fraction of sp³-hybridized carbons (Fsp3) is 0.269. The first kappa shape index (κ1) is 26.2. The standard InChI is InChI=1S/C26H20F6N2O3/c1-37-24(36)19-4-2-3-5-22(19)34-23(35)15-7-9-20-14(10-15)6-8-21(33-20)16-11-17(25(27,28)29)13-18(12-16)26(30,31)32/h2-3,6-13,19,22H,4-5H2,1H3,(H,34,35)/t19-,22+/m1/s1. The highest BCUT2D eigenvalue weighted by atomic mass is 19.4. The average molecular weight is 522 g/mol. The van der Waals surface area contributed by atoms with E-state index in [2.05, 4.69) is 10.3 Å². The van der Waals surface area contributed by atoms with Gasteiger partial charge in [-0.3, -0.25) is 9.59 Å². The molecule has 1 amide bonds. The smallest absolute Gasteiger partial charge is 0.416 e. The highest BCUT2D eigenvalue weighted by Crippen LogP contribution is 2.38. The first-order chi connectivity index (χ1) is 17.4. The minimum Gasteiger partial charge on any atom is -0.469 e. The Morgan fingerprint density at radius 3 is 2.16 bits per heavy atom. The summed E-state index contributed by atoms with van der Waals surface area (Å²) < 4.78 is 84.2. The van der Waals surface area contributed by atoms with Crippen molar-refractivity contribution < 1.29 is 40.7 Å². The molecule has 0 radical (unpaired) electrons. The molecule has 5 nitrogen and oxygen atoms in total. The van der Waals surface area contributed by atoms with Crippen LogP contribution in [-0.4, -0.2) is 30.0 Å². The number of halogens is 6. The van der Waals surface area contributed by atoms with Crippen LogP contribution in [0.5, 0.6) is 0 Å². The quantitative estimate of drug-likeness (QED) is 0.253. The molecule has 1 heterocycles. The maximum Gasteiger partial charge on any atom is 0.416 e. The lowest BCUT2D eigenvalue weighted by molar-refractivity contribution is -0.146. The Balaban J connectivity index is 1.63. The zero-order chi connectivity index (χ0) is 27.0. The second-order valence-electron chi connectivity index (χ2n) is 8.55. The molecule has 1 aliphatic carbocycles. The Morgan fingerprint density at radius 2 is 1.54 bits per heavy atom. The van der Waals surface area contributed by atoms with Gasteiger partial charge < -0.3 is 10.1 Å². The Hall–Kier alpha value is -3.89. The topological polar surface area (TPSA) is 68.3 Å². The number of allylic oxidation sites excluding steroid dienone is 1. The van der Waals surface area contributed by atoms with Crippen LogP contribution in [0.4, 0.5) is 26.3 Å². The van der Waals surface area contributed by atoms with Crippen LogP contribution in [0.3, 0.4) is 0 Å². The molecular formula is C26H20F6N2O3. The second kappa shape index (κ2) is 9.87. The highest BCUT2D eigenvalue weighted by molar-refractivity contribution is 5.98. The lowest BCUT2D eigenvalue weighted by Crippen LogP contribution is -2.44. The molecule has 4 rings (SSSR count). The molecule has 0 bridgehead atoms. The van der Waals surface area contributed by atoms with E-state index in [1.165, 1.54) is 37.4 Å². The van der Waals surface area contributed by atoms with Gasteiger partial charge in [-0.15, -0.1) is 0 Å². The van der Waals surface area contributed by atoms with Gasteiger partial charge in [0.1, 0.15) is 0 Å². The number of hydrogen-bond donors (Lipinski definition) is 1. The van der Waals surface area contributed by atoms with Crippen molar-refractivity contribution >= 4 is 22.8 Å². The minimum atomic E-state index is -4.98. The van der Waals surface area contributed by atoms with E-state index in [9.17, 15) is 35.9 Å². The van der Waals surface area contributed by atoms with Crippen LogP contribution in [0, 0.1) is 5.92 Å². The molecule has 1 aliphatic rings. The summed E-state index contributed by atoms with van der Waals surface area (Å²) in [6.07, 6.45) is -5.39. The summed E-state index contributed by atoms with van der Waals surface area (Å²) in [6, 6.07) is 7.95. The second-order valence-corrected chi connectivity index (χ2v) is 8.55. The van der Waals surface area contributed by atoms with Gasteiger partial charge in [0.25, 0.3) is 5.91 Å². The fourth-order valence-electron chi connectivity index (χ4n) is 4.17. The van der Waals surface area contributed by atoms with E-state index in [1.54, 1.807) is 0 Å². The lowest BCUT2D eigenvalue weighted by atomic mass is 9.89. The third-order valence-corrected chi connectivity index (χ3v) is 6.09. The number of pyridine rings is 1. The number of alkyl halides is 6. The Kier molecular flexibility index (Phi) is 6.98. The van der Waals surface area contributed by atoms with Gasteiger partial charge in [-0.25, -0.2) is 4.98 Å². The fourth-order valence-corrected chi connectivity index (χ4v) is 4.17. The summed E-state index contributed by atoms with van der Waals surface area (Å²) >= 11 is 0. The van der Waals surface area contributed by atoms with Gasteiger partial charge in [0.2, 0.25) is 0 Å². The molecule has 1 aromatic heterocycles. The molecule has 1 N–H and O–H groups in total. The Bertz CT molecular complexity index is 1350. The highest BCUT2D eigenvalue weighted by Gasteiger charge is 2.37. The molecule has 0 aliphatic heterocycles. The summed E-state index contributed by atoms with van der Waals surface area (Å²) in [7, 11) is 1.27. The number of carbonyl (C=O) groups excluding carboxylic acids is 2. The van der Waals surface area contributed by atoms with E-state index < -0.39 is 47.3 Å². The van der Waals surface area contributed by atoms with Gasteiger partial charge in [0.15, 0.2) is 0 Å². The largest absolute Gasteiger partial charge is 0.469 e. The number of benzene rings is 2. The van der Waals surface area contributed by atoms with E-state index in [4.69, 9.17) is 4.74 Å². The van der Waals surface area contributed by atoms with Crippen molar-refractivity contribution in [3.8, 4) is 11.3 Å². The molecule has 0 unspecified atom stereocenters. The van der Waals surface area contributed by atoms with Gasteiger partial charge in [-0.05, 0) is 55.3 Å². The normalized spacial score (nSPS) is 18.0. The van der Waals surface area contributed by atoms with Crippen LogP contribution in [0.25, 0.3) is 22.2 Å². The lowest BCUT2D eigenvalue weighted by Gasteiger charge is -2.27. The van der Waals surface area contributed by atoms with Gasteiger partial charge in [-0.2, -0.15) is 26.3 Å². The summed E-state index contributed by atoms with van der Waals surface area (Å²) in [6.45, 7) is 0. The van der Waals surface area contributed by atoms with Gasteiger partial charge >= 0.3 is 18.3 Å². The molecule has 0 saturated carbocycles. The SMILES string of the molecule is COC(=O)[C@@H]1CC=CC[C@@H]1NC(=O)c1ccc2nc(-c3cc(C(F)(F)F)cc(C(F)(F)F)c3)ccc2c1. The van der Waals surface area contributed by atoms with Crippen LogP contribution in [-0.2, 0) is 21.9 Å². The number of amides is 1. The van der Waals surface area contributed by atoms with Crippen molar-refractivity contribution in [3.05, 3.63) is 77.4 Å². The summed E-state index contributed by atoms with van der Waals surface area (Å²) in [5, 5.41) is 3.27. The predicted molar refractivity (Wildman–Crippen MR) is 122 cm³/mol. The van der Waals surface area contributed by atoms with Gasteiger partial charge in [0, 0.05) is 22.6 Å². The van der Waals surface area contributed by atoms with E-state index in [0.717, 1.165) is 0 Å². The first-order valence-electron chi connectivity index (χ1n) is 11.1. The minimum absolute atomic E-state index is 0.0578. The summed E-state index contributed by atoms with van der Waals surface area (Å²) in [4.78, 5) is 29.1. The van der Waals surface area contributed by atoms with Crippen LogP contribution in [0.2, 0.25) is 0 Å². The number of nitrogens with one attached hydrogen (secondary N) is 1. The number of hydrogen-bond acceptors (Lipinski definition) is 4.